The van der Waals surface area contributed by atoms with Gasteiger partial charge >= 0.3 is 5.97 Å². The SMILES string of the molecule is NC(=O)COc1ccsc1C(=O)O. The molecule has 0 saturated carbocycles. The van der Waals surface area contributed by atoms with Crippen molar-refractivity contribution in [3.63, 3.8) is 0 Å². The Kier molecular flexibility index (Phi) is 2.86. The van der Waals surface area contributed by atoms with Crippen molar-refractivity contribution in [3.8, 4) is 5.75 Å². The van der Waals surface area contributed by atoms with Gasteiger partial charge in [0.2, 0.25) is 0 Å². The standard InChI is InChI=1S/C7H7NO4S/c8-5(9)3-12-4-1-2-13-6(4)7(10)11/h1-2H,3H2,(H2,8,9)(H,10,11). The van der Waals surface area contributed by atoms with E-state index in [4.69, 9.17) is 15.6 Å². The zero-order chi connectivity index (χ0) is 9.84. The summed E-state index contributed by atoms with van der Waals surface area (Å²) < 4.78 is 4.85. The molecule has 70 valence electrons. The van der Waals surface area contributed by atoms with Gasteiger partial charge in [0.1, 0.15) is 5.75 Å². The Balaban J connectivity index is 2.71. The normalized spacial score (nSPS) is 9.54. The Morgan fingerprint density at radius 2 is 2.31 bits per heavy atom. The van der Waals surface area contributed by atoms with Crippen LogP contribution in [0.2, 0.25) is 0 Å². The van der Waals surface area contributed by atoms with E-state index in [1.54, 1.807) is 5.38 Å². The molecule has 1 rings (SSSR count). The maximum Gasteiger partial charge on any atom is 0.349 e. The highest BCUT2D eigenvalue weighted by atomic mass is 32.1. The minimum Gasteiger partial charge on any atom is -0.482 e. The highest BCUT2D eigenvalue weighted by Gasteiger charge is 2.12. The van der Waals surface area contributed by atoms with E-state index >= 15 is 0 Å². The topological polar surface area (TPSA) is 89.6 Å². The number of ether oxygens (including phenoxy) is 1. The van der Waals surface area contributed by atoms with Crippen LogP contribution in [0.4, 0.5) is 0 Å². The fraction of sp³-hybridized carbons (Fsp3) is 0.143. The fourth-order valence-electron chi connectivity index (χ4n) is 0.716. The number of hydrogen-bond donors (Lipinski definition) is 2. The average molecular weight is 201 g/mol. The molecular weight excluding hydrogens is 194 g/mol. The molecule has 0 unspecified atom stereocenters. The van der Waals surface area contributed by atoms with E-state index < -0.39 is 11.9 Å². The lowest BCUT2D eigenvalue weighted by Crippen LogP contribution is -2.20. The molecule has 6 heteroatoms. The van der Waals surface area contributed by atoms with E-state index in [1.165, 1.54) is 6.07 Å². The van der Waals surface area contributed by atoms with E-state index in [9.17, 15) is 9.59 Å². The predicted octanol–water partition coefficient (Wildman–Crippen LogP) is 0.310. The Bertz CT molecular complexity index is 333. The van der Waals surface area contributed by atoms with Gasteiger partial charge in [0.05, 0.1) is 0 Å². The number of carboxylic acid groups (broad SMARTS) is 1. The van der Waals surface area contributed by atoms with Gasteiger partial charge in [-0.2, -0.15) is 0 Å². The molecule has 13 heavy (non-hydrogen) atoms. The molecule has 1 aromatic heterocycles. The van der Waals surface area contributed by atoms with Crippen molar-refractivity contribution < 1.29 is 19.4 Å². The van der Waals surface area contributed by atoms with E-state index in [2.05, 4.69) is 0 Å². The molecule has 5 nitrogen and oxygen atoms in total. The number of carboxylic acids is 1. The lowest BCUT2D eigenvalue weighted by molar-refractivity contribution is -0.119. The average Bonchev–Trinajstić information content (AvgIpc) is 2.47. The van der Waals surface area contributed by atoms with E-state index in [0.29, 0.717) is 0 Å². The maximum atomic E-state index is 10.5. The van der Waals surface area contributed by atoms with Crippen LogP contribution in [0.5, 0.6) is 5.75 Å². The fourth-order valence-corrected chi connectivity index (χ4v) is 1.39. The smallest absolute Gasteiger partial charge is 0.349 e. The van der Waals surface area contributed by atoms with Crippen LogP contribution in [0.3, 0.4) is 0 Å². The molecule has 3 N–H and O–H groups in total. The molecule has 0 bridgehead atoms. The van der Waals surface area contributed by atoms with Crippen molar-refractivity contribution in [2.75, 3.05) is 6.61 Å². The summed E-state index contributed by atoms with van der Waals surface area (Å²) >= 11 is 1.03. The molecule has 0 spiro atoms. The van der Waals surface area contributed by atoms with Crippen molar-refractivity contribution in [1.29, 1.82) is 0 Å². The molecule has 0 aliphatic heterocycles. The molecule has 1 amide bonds. The lowest BCUT2D eigenvalue weighted by Gasteiger charge is -2.00. The summed E-state index contributed by atoms with van der Waals surface area (Å²) in [7, 11) is 0. The van der Waals surface area contributed by atoms with Crippen LogP contribution in [0.25, 0.3) is 0 Å². The summed E-state index contributed by atoms with van der Waals surface area (Å²) in [6.45, 7) is -0.309. The van der Waals surface area contributed by atoms with Crippen LogP contribution in [0.1, 0.15) is 9.67 Å². The minimum absolute atomic E-state index is 0.0706. The van der Waals surface area contributed by atoms with E-state index in [1.807, 2.05) is 0 Å². The van der Waals surface area contributed by atoms with Crippen LogP contribution < -0.4 is 10.5 Å². The van der Waals surface area contributed by atoms with Gasteiger partial charge in [-0.15, -0.1) is 11.3 Å². The number of carbonyl (C=O) groups excluding carboxylic acids is 1. The number of hydrogen-bond acceptors (Lipinski definition) is 4. The number of primary amides is 1. The third-order valence-corrected chi connectivity index (χ3v) is 2.08. The Morgan fingerprint density at radius 1 is 1.62 bits per heavy atom. The van der Waals surface area contributed by atoms with Gasteiger partial charge in [0, 0.05) is 0 Å². The Morgan fingerprint density at radius 3 is 2.85 bits per heavy atom. The monoisotopic (exact) mass is 201 g/mol. The van der Waals surface area contributed by atoms with Crippen molar-refractivity contribution in [2.24, 2.45) is 5.73 Å². The number of carbonyl (C=O) groups is 2. The van der Waals surface area contributed by atoms with Gasteiger partial charge in [-0.3, -0.25) is 4.79 Å². The lowest BCUT2D eigenvalue weighted by atomic mass is 10.4. The third-order valence-electron chi connectivity index (χ3n) is 1.19. The van der Waals surface area contributed by atoms with Crippen molar-refractivity contribution in [2.45, 2.75) is 0 Å². The van der Waals surface area contributed by atoms with Crippen LogP contribution >= 0.6 is 11.3 Å². The highest BCUT2D eigenvalue weighted by Crippen LogP contribution is 2.24. The van der Waals surface area contributed by atoms with Gasteiger partial charge < -0.3 is 15.6 Å². The summed E-state index contributed by atoms with van der Waals surface area (Å²) in [4.78, 5) is 20.9. The van der Waals surface area contributed by atoms with E-state index in [0.717, 1.165) is 11.3 Å². The second-order valence-electron chi connectivity index (χ2n) is 2.17. The zero-order valence-electron chi connectivity index (χ0n) is 6.52. The van der Waals surface area contributed by atoms with Gasteiger partial charge in [0.25, 0.3) is 5.91 Å². The summed E-state index contributed by atoms with van der Waals surface area (Å²) in [5, 5.41) is 10.2. The van der Waals surface area contributed by atoms with E-state index in [-0.39, 0.29) is 17.2 Å². The molecular formula is C7H7NO4S. The summed E-state index contributed by atoms with van der Waals surface area (Å²) in [6, 6.07) is 1.48. The zero-order valence-corrected chi connectivity index (χ0v) is 7.34. The Hall–Kier alpha value is -1.56. The molecule has 0 saturated heterocycles. The van der Waals surface area contributed by atoms with Gasteiger partial charge in [0.15, 0.2) is 11.5 Å². The second-order valence-corrected chi connectivity index (χ2v) is 3.09. The molecule has 0 aliphatic carbocycles. The first kappa shape index (κ1) is 9.53. The predicted molar refractivity (Wildman–Crippen MR) is 46.0 cm³/mol. The van der Waals surface area contributed by atoms with Crippen LogP contribution in [-0.4, -0.2) is 23.6 Å². The molecule has 0 aliphatic rings. The molecule has 0 radical (unpaired) electrons. The number of thiophene rings is 1. The molecule has 0 fully saturated rings. The first-order chi connectivity index (χ1) is 6.11. The first-order valence-electron chi connectivity index (χ1n) is 3.33. The van der Waals surface area contributed by atoms with Gasteiger partial charge in [-0.1, -0.05) is 0 Å². The molecule has 1 heterocycles. The summed E-state index contributed by atoms with van der Waals surface area (Å²) in [6.07, 6.45) is 0. The quantitative estimate of drug-likeness (QED) is 0.733. The molecule has 0 aromatic carbocycles. The third kappa shape index (κ3) is 2.45. The second kappa shape index (κ2) is 3.90. The van der Waals surface area contributed by atoms with Crippen LogP contribution in [0.15, 0.2) is 11.4 Å². The highest BCUT2D eigenvalue weighted by molar-refractivity contribution is 7.12. The van der Waals surface area contributed by atoms with Crippen molar-refractivity contribution >= 4 is 23.2 Å². The van der Waals surface area contributed by atoms with Crippen molar-refractivity contribution in [1.82, 2.24) is 0 Å². The minimum atomic E-state index is -1.07. The number of rotatable bonds is 4. The summed E-state index contributed by atoms with van der Waals surface area (Å²) in [5.74, 6) is -1.53. The van der Waals surface area contributed by atoms with Crippen molar-refractivity contribution in [3.05, 3.63) is 16.3 Å². The largest absolute Gasteiger partial charge is 0.482 e. The first-order valence-corrected chi connectivity index (χ1v) is 4.21. The number of aromatic carboxylic acids is 1. The Labute approximate surface area is 77.7 Å². The molecule has 0 atom stereocenters. The summed E-state index contributed by atoms with van der Waals surface area (Å²) in [5.41, 5.74) is 4.83. The molecule has 1 aromatic rings. The van der Waals surface area contributed by atoms with Crippen LogP contribution in [-0.2, 0) is 4.79 Å². The number of nitrogens with two attached hydrogens (primary N) is 1. The number of amides is 1. The van der Waals surface area contributed by atoms with Gasteiger partial charge in [-0.05, 0) is 11.4 Å². The van der Waals surface area contributed by atoms with Crippen LogP contribution in [0, 0.1) is 0 Å². The van der Waals surface area contributed by atoms with Gasteiger partial charge in [-0.25, -0.2) is 4.79 Å². The maximum absolute atomic E-state index is 10.5.